The lowest BCUT2D eigenvalue weighted by Gasteiger charge is -2.06. The molecule has 0 radical (unpaired) electrons. The molecular weight excluding hydrogens is 254 g/mol. The average molecular weight is 271 g/mol. The maximum atomic E-state index is 10.8. The summed E-state index contributed by atoms with van der Waals surface area (Å²) in [5.74, 6) is 1.51. The number of nitro groups is 1. The van der Waals surface area contributed by atoms with Crippen molar-refractivity contribution in [2.24, 2.45) is 0 Å². The fraction of sp³-hybridized carbons (Fsp3) is 0.545. The molecule has 0 aliphatic carbocycles. The molecule has 1 heterocycles. The predicted octanol–water partition coefficient (Wildman–Crippen LogP) is 3.25. The third-order valence-electron chi connectivity index (χ3n) is 2.11. The van der Waals surface area contributed by atoms with Crippen molar-refractivity contribution in [2.45, 2.75) is 26.7 Å². The van der Waals surface area contributed by atoms with Crippen LogP contribution in [0.15, 0.2) is 12.1 Å². The monoisotopic (exact) mass is 271 g/mol. The van der Waals surface area contributed by atoms with E-state index in [1.807, 2.05) is 6.92 Å². The van der Waals surface area contributed by atoms with Gasteiger partial charge in [0, 0.05) is 24.4 Å². The summed E-state index contributed by atoms with van der Waals surface area (Å²) in [5.41, 5.74) is -0.0391. The van der Waals surface area contributed by atoms with Crippen LogP contribution in [0.25, 0.3) is 0 Å². The van der Waals surface area contributed by atoms with E-state index in [4.69, 9.17) is 4.18 Å². The largest absolute Gasteiger partial charge is 0.406 e. The van der Waals surface area contributed by atoms with Gasteiger partial charge in [0.1, 0.15) is 0 Å². The van der Waals surface area contributed by atoms with Crippen LogP contribution >= 0.6 is 12.0 Å². The molecule has 0 saturated carbocycles. The van der Waals surface area contributed by atoms with Gasteiger partial charge in [-0.1, -0.05) is 13.3 Å². The summed E-state index contributed by atoms with van der Waals surface area (Å²) in [5, 5.41) is 13.6. The zero-order valence-electron chi connectivity index (χ0n) is 10.5. The number of pyridine rings is 1. The Morgan fingerprint density at radius 2 is 2.28 bits per heavy atom. The SMILES string of the molecule is CCCCSOc1ccc([N+](=O)[O-])c(NCC)n1. The molecule has 0 atom stereocenters. The molecule has 0 aliphatic heterocycles. The normalized spacial score (nSPS) is 10.1. The number of unbranched alkanes of at least 4 members (excludes halogenated alkanes) is 1. The minimum atomic E-state index is -0.459. The molecule has 6 nitrogen and oxygen atoms in total. The second-order valence-electron chi connectivity index (χ2n) is 3.56. The first-order chi connectivity index (χ1) is 8.69. The van der Waals surface area contributed by atoms with Gasteiger partial charge in [-0.2, -0.15) is 4.98 Å². The van der Waals surface area contributed by atoms with E-state index < -0.39 is 4.92 Å². The lowest BCUT2D eigenvalue weighted by Crippen LogP contribution is -2.04. The van der Waals surface area contributed by atoms with Crippen LogP contribution in [-0.4, -0.2) is 22.2 Å². The van der Waals surface area contributed by atoms with Gasteiger partial charge < -0.3 is 9.50 Å². The van der Waals surface area contributed by atoms with Gasteiger partial charge in [0.05, 0.1) is 17.0 Å². The number of nitrogens with zero attached hydrogens (tertiary/aromatic N) is 2. The maximum Gasteiger partial charge on any atom is 0.311 e. The van der Waals surface area contributed by atoms with E-state index in [0.717, 1.165) is 18.6 Å². The molecule has 1 rings (SSSR count). The number of hydrogen-bond acceptors (Lipinski definition) is 6. The van der Waals surface area contributed by atoms with Crippen molar-refractivity contribution in [1.29, 1.82) is 0 Å². The fourth-order valence-electron chi connectivity index (χ4n) is 1.23. The van der Waals surface area contributed by atoms with Crippen LogP contribution in [0, 0.1) is 10.1 Å². The van der Waals surface area contributed by atoms with Crippen molar-refractivity contribution in [2.75, 3.05) is 17.6 Å². The lowest BCUT2D eigenvalue weighted by atomic mass is 10.4. The molecule has 0 bridgehead atoms. The smallest absolute Gasteiger partial charge is 0.311 e. The molecule has 100 valence electrons. The van der Waals surface area contributed by atoms with Crippen molar-refractivity contribution in [3.05, 3.63) is 22.2 Å². The summed E-state index contributed by atoms with van der Waals surface area (Å²) < 4.78 is 5.37. The van der Waals surface area contributed by atoms with Crippen LogP contribution in [0.4, 0.5) is 11.5 Å². The molecule has 0 unspecified atom stereocenters. The molecular formula is C11H17N3O3S. The van der Waals surface area contributed by atoms with Gasteiger partial charge in [0.2, 0.25) is 11.7 Å². The van der Waals surface area contributed by atoms with E-state index in [1.54, 1.807) is 0 Å². The summed E-state index contributed by atoms with van der Waals surface area (Å²) in [6, 6.07) is 2.92. The highest BCUT2D eigenvalue weighted by molar-refractivity contribution is 7.95. The molecule has 0 fully saturated rings. The zero-order valence-corrected chi connectivity index (χ0v) is 11.3. The minimum Gasteiger partial charge on any atom is -0.406 e. The first kappa shape index (κ1) is 14.6. The summed E-state index contributed by atoms with van der Waals surface area (Å²) in [7, 11) is 0. The van der Waals surface area contributed by atoms with E-state index >= 15 is 0 Å². The molecule has 7 heteroatoms. The lowest BCUT2D eigenvalue weighted by molar-refractivity contribution is -0.384. The van der Waals surface area contributed by atoms with Gasteiger partial charge in [-0.25, -0.2) is 0 Å². The predicted molar refractivity (Wildman–Crippen MR) is 73.0 cm³/mol. The Hall–Kier alpha value is -1.50. The average Bonchev–Trinajstić information content (AvgIpc) is 2.35. The third kappa shape index (κ3) is 4.40. The maximum absolute atomic E-state index is 10.8. The summed E-state index contributed by atoms with van der Waals surface area (Å²) in [4.78, 5) is 14.4. The topological polar surface area (TPSA) is 77.3 Å². The van der Waals surface area contributed by atoms with Gasteiger partial charge >= 0.3 is 5.69 Å². The van der Waals surface area contributed by atoms with E-state index in [-0.39, 0.29) is 11.5 Å². The Bertz CT molecular complexity index is 401. The standard InChI is InChI=1S/C11H17N3O3S/c1-3-5-8-18-17-10-7-6-9(14(15)16)11(13-10)12-4-2/h6-7H,3-5,8H2,1-2H3,(H,12,13). The first-order valence-electron chi connectivity index (χ1n) is 5.87. The van der Waals surface area contributed by atoms with E-state index in [1.165, 1.54) is 24.2 Å². The molecule has 1 N–H and O–H groups in total. The number of rotatable bonds is 8. The third-order valence-corrected chi connectivity index (χ3v) is 2.86. The number of anilines is 1. The summed E-state index contributed by atoms with van der Waals surface area (Å²) in [6.07, 6.45) is 2.17. The van der Waals surface area contributed by atoms with Crippen LogP contribution in [0.2, 0.25) is 0 Å². The molecule has 1 aromatic heterocycles. The van der Waals surface area contributed by atoms with Gasteiger partial charge in [-0.15, -0.1) is 0 Å². The molecule has 0 aromatic carbocycles. The van der Waals surface area contributed by atoms with Gasteiger partial charge in [-0.05, 0) is 13.3 Å². The van der Waals surface area contributed by atoms with Crippen molar-refractivity contribution < 1.29 is 9.11 Å². The Kier molecular flexibility index (Phi) is 6.27. The molecule has 0 amide bonds. The van der Waals surface area contributed by atoms with Crippen LogP contribution in [-0.2, 0) is 0 Å². The van der Waals surface area contributed by atoms with Gasteiger partial charge in [0.25, 0.3) is 0 Å². The van der Waals surface area contributed by atoms with Crippen LogP contribution < -0.4 is 9.50 Å². The van der Waals surface area contributed by atoms with E-state index in [9.17, 15) is 10.1 Å². The fourth-order valence-corrected chi connectivity index (χ4v) is 1.93. The van der Waals surface area contributed by atoms with Gasteiger partial charge in [0.15, 0.2) is 0 Å². The van der Waals surface area contributed by atoms with Crippen molar-refractivity contribution >= 4 is 23.5 Å². The summed E-state index contributed by atoms with van der Waals surface area (Å²) >= 11 is 1.31. The highest BCUT2D eigenvalue weighted by atomic mass is 32.2. The molecule has 0 aliphatic rings. The Morgan fingerprint density at radius 1 is 1.50 bits per heavy atom. The highest BCUT2D eigenvalue weighted by Gasteiger charge is 2.15. The molecule has 0 spiro atoms. The van der Waals surface area contributed by atoms with Crippen LogP contribution in [0.1, 0.15) is 26.7 Å². The van der Waals surface area contributed by atoms with E-state index in [0.29, 0.717) is 12.4 Å². The first-order valence-corrected chi connectivity index (χ1v) is 6.78. The number of aromatic nitrogens is 1. The number of nitrogens with one attached hydrogen (secondary N) is 1. The van der Waals surface area contributed by atoms with Gasteiger partial charge in [-0.3, -0.25) is 10.1 Å². The van der Waals surface area contributed by atoms with Crippen LogP contribution in [0.3, 0.4) is 0 Å². The Morgan fingerprint density at radius 3 is 2.89 bits per heavy atom. The van der Waals surface area contributed by atoms with Crippen LogP contribution in [0.5, 0.6) is 5.88 Å². The van der Waals surface area contributed by atoms with E-state index in [2.05, 4.69) is 17.2 Å². The molecule has 0 saturated heterocycles. The number of hydrogen-bond donors (Lipinski definition) is 1. The second kappa shape index (κ2) is 7.75. The second-order valence-corrected chi connectivity index (χ2v) is 4.37. The highest BCUT2D eigenvalue weighted by Crippen LogP contribution is 2.26. The Balaban J connectivity index is 2.70. The quantitative estimate of drug-likeness (QED) is 0.338. The molecule has 1 aromatic rings. The van der Waals surface area contributed by atoms with Crippen molar-refractivity contribution in [3.63, 3.8) is 0 Å². The molecule has 18 heavy (non-hydrogen) atoms. The van der Waals surface area contributed by atoms with Crippen molar-refractivity contribution in [1.82, 2.24) is 4.98 Å². The Labute approximate surface area is 110 Å². The minimum absolute atomic E-state index is 0.0391. The zero-order chi connectivity index (χ0) is 13.4. The summed E-state index contributed by atoms with van der Waals surface area (Å²) in [6.45, 7) is 4.53. The van der Waals surface area contributed by atoms with Crippen molar-refractivity contribution in [3.8, 4) is 5.88 Å².